The van der Waals surface area contributed by atoms with Crippen LogP contribution in [0.25, 0.3) is 11.6 Å². The van der Waals surface area contributed by atoms with Gasteiger partial charge in [0.25, 0.3) is 5.91 Å². The van der Waals surface area contributed by atoms with E-state index >= 15 is 0 Å². The Morgan fingerprint density at radius 1 is 1.30 bits per heavy atom. The number of hydrogen-bond donors (Lipinski definition) is 3. The van der Waals surface area contributed by atoms with Crippen LogP contribution in [0.15, 0.2) is 41.0 Å². The summed E-state index contributed by atoms with van der Waals surface area (Å²) in [5, 5.41) is 9.64. The zero-order valence-corrected chi connectivity index (χ0v) is 15.6. The lowest BCUT2D eigenvalue weighted by atomic mass is 10.1. The molecule has 2 heterocycles. The number of amides is 1. The Morgan fingerprint density at radius 3 is 2.81 bits per heavy atom. The van der Waals surface area contributed by atoms with Crippen molar-refractivity contribution in [3.63, 3.8) is 0 Å². The Hall–Kier alpha value is -3.14. The van der Waals surface area contributed by atoms with Crippen molar-refractivity contribution in [1.29, 1.82) is 0 Å². The van der Waals surface area contributed by atoms with Crippen molar-refractivity contribution in [3.05, 3.63) is 53.5 Å². The van der Waals surface area contributed by atoms with Crippen LogP contribution in [0.2, 0.25) is 0 Å². The summed E-state index contributed by atoms with van der Waals surface area (Å²) in [4.78, 5) is 16.6. The predicted molar refractivity (Wildman–Crippen MR) is 99.8 cm³/mol. The van der Waals surface area contributed by atoms with Gasteiger partial charge in [0.15, 0.2) is 5.76 Å². The van der Waals surface area contributed by atoms with Crippen LogP contribution < -0.4 is 10.0 Å². The second kappa shape index (κ2) is 7.62. The van der Waals surface area contributed by atoms with Crippen LogP contribution in [-0.2, 0) is 16.4 Å². The Labute approximate surface area is 156 Å². The minimum Gasteiger partial charge on any atom is -0.461 e. The normalized spacial score (nSPS) is 11.3. The van der Waals surface area contributed by atoms with Crippen molar-refractivity contribution in [2.24, 2.45) is 0 Å². The van der Waals surface area contributed by atoms with Gasteiger partial charge in [-0.25, -0.2) is 13.4 Å². The topological polar surface area (TPSA) is 130 Å². The van der Waals surface area contributed by atoms with E-state index in [1.54, 1.807) is 37.5 Å². The molecule has 1 aromatic carbocycles. The lowest BCUT2D eigenvalue weighted by molar-refractivity contribution is 0.0954. The van der Waals surface area contributed by atoms with Gasteiger partial charge in [0, 0.05) is 18.5 Å². The molecule has 3 rings (SSSR count). The molecular weight excluding hydrogens is 370 g/mol. The third-order valence-electron chi connectivity index (χ3n) is 3.72. The molecule has 27 heavy (non-hydrogen) atoms. The molecule has 3 N–H and O–H groups in total. The van der Waals surface area contributed by atoms with Crippen LogP contribution in [0.1, 0.15) is 21.7 Å². The summed E-state index contributed by atoms with van der Waals surface area (Å²) in [6, 6.07) is 8.35. The first kappa shape index (κ1) is 18.6. The fourth-order valence-electron chi connectivity index (χ4n) is 2.39. The monoisotopic (exact) mass is 389 g/mol. The standard InChI is InChI=1S/C17H19N5O4S/c1-11-5-6-12(10-13(11)22-27(2,24)25)17(23)18-8-7-15-19-16(21-20-15)14-4-3-9-26-14/h3-6,9-10,22H,7-8H2,1-2H3,(H,18,23)(H,19,20,21). The molecular formula is C17H19N5O4S. The van der Waals surface area contributed by atoms with Crippen LogP contribution >= 0.6 is 0 Å². The van der Waals surface area contributed by atoms with Gasteiger partial charge in [-0.3, -0.25) is 14.6 Å². The summed E-state index contributed by atoms with van der Waals surface area (Å²) in [6.07, 6.45) is 3.06. The van der Waals surface area contributed by atoms with Crippen molar-refractivity contribution in [3.8, 4) is 11.6 Å². The quantitative estimate of drug-likeness (QED) is 0.564. The molecule has 2 aromatic heterocycles. The van der Waals surface area contributed by atoms with Crippen molar-refractivity contribution >= 4 is 21.6 Å². The fraction of sp³-hybridized carbons (Fsp3) is 0.235. The molecule has 0 aliphatic rings. The van der Waals surface area contributed by atoms with Crippen LogP contribution in [0.3, 0.4) is 0 Å². The molecule has 0 bridgehead atoms. The van der Waals surface area contributed by atoms with Crippen molar-refractivity contribution in [2.45, 2.75) is 13.3 Å². The maximum atomic E-state index is 12.3. The number of furan rings is 1. The number of nitrogens with zero attached hydrogens (tertiary/aromatic N) is 2. The highest BCUT2D eigenvalue weighted by Crippen LogP contribution is 2.18. The summed E-state index contributed by atoms with van der Waals surface area (Å²) in [6.45, 7) is 2.10. The molecule has 0 atom stereocenters. The Balaban J connectivity index is 1.59. The van der Waals surface area contributed by atoms with Gasteiger partial charge in [-0.1, -0.05) is 6.07 Å². The first-order valence-corrected chi connectivity index (χ1v) is 10.0. The van der Waals surface area contributed by atoms with Crippen molar-refractivity contribution in [2.75, 3.05) is 17.5 Å². The number of aromatic nitrogens is 3. The zero-order chi connectivity index (χ0) is 19.4. The van der Waals surface area contributed by atoms with Crippen molar-refractivity contribution in [1.82, 2.24) is 20.5 Å². The van der Waals surface area contributed by atoms with E-state index in [2.05, 4.69) is 25.2 Å². The van der Waals surface area contributed by atoms with Crippen LogP contribution in [0, 0.1) is 6.92 Å². The minimum atomic E-state index is -3.42. The number of H-pyrrole nitrogens is 1. The molecule has 0 aliphatic heterocycles. The molecule has 0 fully saturated rings. The molecule has 0 saturated heterocycles. The largest absolute Gasteiger partial charge is 0.461 e. The summed E-state index contributed by atoms with van der Waals surface area (Å²) >= 11 is 0. The smallest absolute Gasteiger partial charge is 0.251 e. The molecule has 10 heteroatoms. The Bertz CT molecular complexity index is 1040. The SMILES string of the molecule is Cc1ccc(C(=O)NCCc2nc(-c3ccco3)n[nH]2)cc1NS(C)(=O)=O. The van der Waals surface area contributed by atoms with E-state index in [-0.39, 0.29) is 5.91 Å². The number of carbonyl (C=O) groups excluding carboxylic acids is 1. The van der Waals surface area contributed by atoms with Gasteiger partial charge < -0.3 is 9.73 Å². The van der Waals surface area contributed by atoms with Crippen LogP contribution in [-0.4, -0.2) is 42.3 Å². The number of nitrogens with one attached hydrogen (secondary N) is 3. The molecule has 1 amide bonds. The third-order valence-corrected chi connectivity index (χ3v) is 4.31. The molecule has 0 saturated carbocycles. The van der Waals surface area contributed by atoms with Crippen LogP contribution in [0.4, 0.5) is 5.69 Å². The van der Waals surface area contributed by atoms with Crippen LogP contribution in [0.5, 0.6) is 0 Å². The average Bonchev–Trinajstić information content (AvgIpc) is 3.26. The Kier molecular flexibility index (Phi) is 5.26. The molecule has 0 unspecified atom stereocenters. The summed E-state index contributed by atoms with van der Waals surface area (Å²) in [7, 11) is -3.42. The maximum Gasteiger partial charge on any atom is 0.251 e. The minimum absolute atomic E-state index is 0.308. The summed E-state index contributed by atoms with van der Waals surface area (Å²) in [5.74, 6) is 1.32. The number of sulfonamides is 1. The summed E-state index contributed by atoms with van der Waals surface area (Å²) < 4.78 is 30.5. The lowest BCUT2D eigenvalue weighted by Crippen LogP contribution is -2.26. The molecule has 3 aromatic rings. The van der Waals surface area contributed by atoms with E-state index in [1.807, 2.05) is 0 Å². The third kappa shape index (κ3) is 4.94. The first-order chi connectivity index (χ1) is 12.8. The second-order valence-corrected chi connectivity index (χ2v) is 7.74. The number of hydrogen-bond acceptors (Lipinski definition) is 6. The fourth-order valence-corrected chi connectivity index (χ4v) is 3.01. The second-order valence-electron chi connectivity index (χ2n) is 5.99. The number of benzene rings is 1. The highest BCUT2D eigenvalue weighted by atomic mass is 32.2. The number of aryl methyl sites for hydroxylation is 1. The predicted octanol–water partition coefficient (Wildman–Crippen LogP) is 1.72. The van der Waals surface area contributed by atoms with E-state index in [9.17, 15) is 13.2 Å². The van der Waals surface area contributed by atoms with E-state index in [0.717, 1.165) is 11.8 Å². The van der Waals surface area contributed by atoms with Gasteiger partial charge >= 0.3 is 0 Å². The number of aromatic amines is 1. The van der Waals surface area contributed by atoms with Crippen molar-refractivity contribution < 1.29 is 17.6 Å². The molecule has 0 aliphatic carbocycles. The van der Waals surface area contributed by atoms with E-state index in [0.29, 0.717) is 41.6 Å². The van der Waals surface area contributed by atoms with Gasteiger partial charge in [-0.2, -0.15) is 5.10 Å². The number of anilines is 1. The zero-order valence-electron chi connectivity index (χ0n) is 14.8. The lowest BCUT2D eigenvalue weighted by Gasteiger charge is -2.10. The highest BCUT2D eigenvalue weighted by Gasteiger charge is 2.12. The van der Waals surface area contributed by atoms with Gasteiger partial charge in [-0.05, 0) is 36.8 Å². The summed E-state index contributed by atoms with van der Waals surface area (Å²) in [5.41, 5.74) is 1.47. The molecule has 0 radical (unpaired) electrons. The van der Waals surface area contributed by atoms with Gasteiger partial charge in [0.05, 0.1) is 18.2 Å². The van der Waals surface area contributed by atoms with E-state index in [1.165, 1.54) is 6.07 Å². The molecule has 142 valence electrons. The average molecular weight is 389 g/mol. The van der Waals surface area contributed by atoms with E-state index < -0.39 is 10.0 Å². The number of carbonyl (C=O) groups is 1. The molecule has 0 spiro atoms. The van der Waals surface area contributed by atoms with Gasteiger partial charge in [0.2, 0.25) is 15.8 Å². The number of rotatable bonds is 7. The molecule has 9 nitrogen and oxygen atoms in total. The van der Waals surface area contributed by atoms with Gasteiger partial charge in [-0.15, -0.1) is 0 Å². The van der Waals surface area contributed by atoms with Gasteiger partial charge in [0.1, 0.15) is 5.82 Å². The highest BCUT2D eigenvalue weighted by molar-refractivity contribution is 7.92. The maximum absolute atomic E-state index is 12.3. The Morgan fingerprint density at radius 2 is 2.11 bits per heavy atom. The van der Waals surface area contributed by atoms with E-state index in [4.69, 9.17) is 4.42 Å². The first-order valence-electron chi connectivity index (χ1n) is 8.13.